The molecule has 0 aliphatic carbocycles. The average molecular weight is 427 g/mol. The molecule has 3 heterocycles. The Kier molecular flexibility index (Phi) is 6.17. The van der Waals surface area contributed by atoms with E-state index in [4.69, 9.17) is 0 Å². The molecule has 2 bridgehead atoms. The van der Waals surface area contributed by atoms with Crippen LogP contribution in [0.15, 0.2) is 91.0 Å². The van der Waals surface area contributed by atoms with Crippen LogP contribution in [0, 0.1) is 11.8 Å². The Morgan fingerprint density at radius 3 is 1.84 bits per heavy atom. The van der Waals surface area contributed by atoms with Crippen LogP contribution < -0.4 is 0 Å². The van der Waals surface area contributed by atoms with E-state index in [-0.39, 0.29) is 0 Å². The molecule has 2 nitrogen and oxygen atoms in total. The van der Waals surface area contributed by atoms with E-state index in [2.05, 4.69) is 78.9 Å². The van der Waals surface area contributed by atoms with E-state index in [0.717, 1.165) is 23.5 Å². The Balaban J connectivity index is 1.33. The highest BCUT2D eigenvalue weighted by Gasteiger charge is 2.48. The number of aliphatic hydroxyl groups is 1. The fraction of sp³-hybridized carbons (Fsp3) is 0.400. The van der Waals surface area contributed by atoms with Crippen molar-refractivity contribution in [3.05, 3.63) is 108 Å². The minimum Gasteiger partial charge on any atom is -0.380 e. The van der Waals surface area contributed by atoms with Crippen molar-refractivity contribution in [2.45, 2.75) is 37.7 Å². The first kappa shape index (κ1) is 21.4. The van der Waals surface area contributed by atoms with E-state index in [9.17, 15) is 5.11 Å². The zero-order chi connectivity index (χ0) is 21.9. The van der Waals surface area contributed by atoms with Gasteiger partial charge in [-0.05, 0) is 35.4 Å². The molecule has 0 amide bonds. The molecule has 0 saturated carbocycles. The molecule has 3 aromatic rings. The summed E-state index contributed by atoms with van der Waals surface area (Å²) in [5, 5.41) is 12.1. The summed E-state index contributed by atoms with van der Waals surface area (Å²) in [4.78, 5) is 0. The minimum atomic E-state index is -0.917. The topological polar surface area (TPSA) is 20.2 Å². The summed E-state index contributed by atoms with van der Waals surface area (Å²) in [6.07, 6.45) is 5.88. The summed E-state index contributed by atoms with van der Waals surface area (Å²) in [5.74, 6) is 1.32. The van der Waals surface area contributed by atoms with E-state index in [0.29, 0.717) is 5.92 Å². The Hall–Kier alpha value is -2.42. The molecule has 166 valence electrons. The second kappa shape index (κ2) is 9.21. The number of aryl methyl sites for hydroxylation is 1. The molecule has 0 aromatic heterocycles. The zero-order valence-electron chi connectivity index (χ0n) is 19.1. The number of nitrogens with zero attached hydrogens (tertiary/aromatic N) is 1. The van der Waals surface area contributed by atoms with Crippen molar-refractivity contribution in [1.29, 1.82) is 0 Å². The highest BCUT2D eigenvalue weighted by atomic mass is 16.3. The predicted molar refractivity (Wildman–Crippen MR) is 131 cm³/mol. The average Bonchev–Trinajstić information content (AvgIpc) is 2.86. The number of benzene rings is 3. The van der Waals surface area contributed by atoms with Crippen molar-refractivity contribution in [3.8, 4) is 0 Å². The molecular weight excluding hydrogens is 390 g/mol. The molecule has 2 heteroatoms. The van der Waals surface area contributed by atoms with E-state index in [1.165, 1.54) is 61.9 Å². The van der Waals surface area contributed by atoms with Gasteiger partial charge in [0.1, 0.15) is 5.60 Å². The molecule has 3 saturated heterocycles. The monoisotopic (exact) mass is 426 g/mol. The highest BCUT2D eigenvalue weighted by Crippen LogP contribution is 2.45. The molecule has 1 unspecified atom stereocenters. The molecule has 3 aliphatic rings. The molecule has 32 heavy (non-hydrogen) atoms. The first-order valence-corrected chi connectivity index (χ1v) is 12.4. The maximum absolute atomic E-state index is 12.1. The molecule has 1 N–H and O–H groups in total. The van der Waals surface area contributed by atoms with Gasteiger partial charge in [0, 0.05) is 25.2 Å². The third-order valence-corrected chi connectivity index (χ3v) is 8.24. The van der Waals surface area contributed by atoms with Gasteiger partial charge in [-0.3, -0.25) is 0 Å². The standard InChI is InChI=1S/C30H36NO/c32-30(28-14-6-2-7-15-28,29-16-8-3-9-17-29)23-27-24-31(21-18-26(27)19-22-31)20-10-13-25-11-4-1-5-12-25/h1-9,11-12,14-17,26-27,32H,10,13,18-24H2/q+1. The van der Waals surface area contributed by atoms with Crippen LogP contribution in [0.3, 0.4) is 0 Å². The first-order valence-electron chi connectivity index (χ1n) is 12.4. The molecule has 1 atom stereocenters. The maximum Gasteiger partial charge on any atom is 0.115 e. The first-order chi connectivity index (χ1) is 15.7. The summed E-state index contributed by atoms with van der Waals surface area (Å²) >= 11 is 0. The van der Waals surface area contributed by atoms with Crippen molar-refractivity contribution in [2.75, 3.05) is 26.2 Å². The lowest BCUT2D eigenvalue weighted by molar-refractivity contribution is -0.947. The van der Waals surface area contributed by atoms with E-state index in [1.54, 1.807) is 0 Å². The van der Waals surface area contributed by atoms with Gasteiger partial charge in [0.15, 0.2) is 0 Å². The van der Waals surface area contributed by atoms with E-state index < -0.39 is 5.60 Å². The second-order valence-electron chi connectivity index (χ2n) is 10.2. The van der Waals surface area contributed by atoms with E-state index in [1.807, 2.05) is 12.1 Å². The quantitative estimate of drug-likeness (QED) is 0.451. The van der Waals surface area contributed by atoms with Crippen molar-refractivity contribution < 1.29 is 9.59 Å². The fourth-order valence-electron chi connectivity index (χ4n) is 6.45. The molecule has 0 radical (unpaired) electrons. The highest BCUT2D eigenvalue weighted by molar-refractivity contribution is 5.36. The van der Waals surface area contributed by atoms with Gasteiger partial charge in [-0.2, -0.15) is 0 Å². The van der Waals surface area contributed by atoms with Gasteiger partial charge in [-0.15, -0.1) is 0 Å². The maximum atomic E-state index is 12.1. The van der Waals surface area contributed by atoms with Gasteiger partial charge in [-0.1, -0.05) is 91.0 Å². The van der Waals surface area contributed by atoms with Crippen LogP contribution in [0.25, 0.3) is 0 Å². The summed E-state index contributed by atoms with van der Waals surface area (Å²) in [7, 11) is 0. The van der Waals surface area contributed by atoms with Gasteiger partial charge in [0.25, 0.3) is 0 Å². The number of hydrogen-bond acceptors (Lipinski definition) is 1. The van der Waals surface area contributed by atoms with Crippen LogP contribution in [-0.2, 0) is 12.0 Å². The molecule has 0 spiro atoms. The number of fused-ring (bicyclic) bond motifs is 3. The lowest BCUT2D eigenvalue weighted by atomic mass is 9.69. The third kappa shape index (κ3) is 4.40. The summed E-state index contributed by atoms with van der Waals surface area (Å²) in [6, 6.07) is 31.6. The normalized spacial score (nSPS) is 25.0. The van der Waals surface area contributed by atoms with Gasteiger partial charge < -0.3 is 9.59 Å². The third-order valence-electron chi connectivity index (χ3n) is 8.24. The number of rotatable bonds is 8. The van der Waals surface area contributed by atoms with Crippen molar-refractivity contribution in [2.24, 2.45) is 11.8 Å². The van der Waals surface area contributed by atoms with Crippen LogP contribution >= 0.6 is 0 Å². The molecule has 3 fully saturated rings. The largest absolute Gasteiger partial charge is 0.380 e. The number of quaternary nitrogens is 1. The Morgan fingerprint density at radius 2 is 1.28 bits per heavy atom. The lowest BCUT2D eigenvalue weighted by Crippen LogP contribution is -2.62. The number of piperidine rings is 3. The Bertz CT molecular complexity index is 938. The van der Waals surface area contributed by atoms with E-state index >= 15 is 0 Å². The van der Waals surface area contributed by atoms with Crippen LogP contribution in [0.1, 0.15) is 42.4 Å². The molecule has 3 aromatic carbocycles. The van der Waals surface area contributed by atoms with Crippen LogP contribution in [0.2, 0.25) is 0 Å². The van der Waals surface area contributed by atoms with Crippen molar-refractivity contribution in [3.63, 3.8) is 0 Å². The second-order valence-corrected chi connectivity index (χ2v) is 10.2. The van der Waals surface area contributed by atoms with Crippen molar-refractivity contribution in [1.82, 2.24) is 0 Å². The lowest BCUT2D eigenvalue weighted by Gasteiger charge is -2.54. The fourth-order valence-corrected chi connectivity index (χ4v) is 6.45. The smallest absolute Gasteiger partial charge is 0.115 e. The SMILES string of the molecule is OC(CC1C[N+]2(CCCc3ccccc3)CCC1CC2)(c1ccccc1)c1ccccc1. The molecule has 3 aliphatic heterocycles. The van der Waals surface area contributed by atoms with Crippen molar-refractivity contribution >= 4 is 0 Å². The van der Waals surface area contributed by atoms with Gasteiger partial charge in [0.2, 0.25) is 0 Å². The van der Waals surface area contributed by atoms with Crippen LogP contribution in [-0.4, -0.2) is 35.8 Å². The summed E-state index contributed by atoms with van der Waals surface area (Å²) in [5.41, 5.74) is 2.59. The minimum absolute atomic E-state index is 0.569. The Morgan fingerprint density at radius 1 is 0.750 bits per heavy atom. The summed E-state index contributed by atoms with van der Waals surface area (Å²) < 4.78 is 1.26. The predicted octanol–water partition coefficient (Wildman–Crippen LogP) is 5.80. The Labute approximate surface area is 193 Å². The molecular formula is C30H36NO+. The van der Waals surface area contributed by atoms with Gasteiger partial charge >= 0.3 is 0 Å². The molecule has 6 rings (SSSR count). The van der Waals surface area contributed by atoms with Gasteiger partial charge in [0.05, 0.1) is 26.2 Å². The zero-order valence-corrected chi connectivity index (χ0v) is 19.1. The van der Waals surface area contributed by atoms with Crippen LogP contribution in [0.5, 0.6) is 0 Å². The number of hydrogen-bond donors (Lipinski definition) is 1. The van der Waals surface area contributed by atoms with Crippen LogP contribution in [0.4, 0.5) is 0 Å². The summed E-state index contributed by atoms with van der Waals surface area (Å²) in [6.45, 7) is 5.14. The van der Waals surface area contributed by atoms with Gasteiger partial charge in [-0.25, -0.2) is 0 Å².